The minimum Gasteiger partial charge on any atom is -0.480 e. The van der Waals surface area contributed by atoms with Crippen molar-refractivity contribution < 1.29 is 35.1 Å². The smallest absolute Gasteiger partial charge is 0.320 e. The molecule has 0 aliphatic carbocycles. The van der Waals surface area contributed by atoms with E-state index in [1.54, 1.807) is 11.8 Å². The number of carboxylic acids is 1. The number of hydrogen-bond acceptors (Lipinski definition) is 8. The Bertz CT molecular complexity index is 1190. The number of aliphatic carboxylic acids is 1. The third-order valence-electron chi connectivity index (χ3n) is 6.76. The van der Waals surface area contributed by atoms with Crippen molar-refractivity contribution in [2.45, 2.75) is 68.6 Å². The summed E-state index contributed by atoms with van der Waals surface area (Å²) in [6, 6.07) is 22.7. The Kier molecular flexibility index (Phi) is 13.3. The molecule has 1 aliphatic rings. The Morgan fingerprint density at radius 2 is 1.60 bits per heavy atom. The van der Waals surface area contributed by atoms with Crippen molar-refractivity contribution in [1.82, 2.24) is 0 Å². The van der Waals surface area contributed by atoms with E-state index in [-0.39, 0.29) is 7.43 Å². The molecule has 1 saturated heterocycles. The summed E-state index contributed by atoms with van der Waals surface area (Å²) in [7, 11) is 0. The molecule has 3 aromatic rings. The molecule has 40 heavy (non-hydrogen) atoms. The Morgan fingerprint density at radius 1 is 0.950 bits per heavy atom. The van der Waals surface area contributed by atoms with Gasteiger partial charge in [-0.3, -0.25) is 4.79 Å². The number of ether oxygens (including phenoxy) is 1. The van der Waals surface area contributed by atoms with Crippen LogP contribution in [0.4, 0.5) is 0 Å². The third kappa shape index (κ3) is 8.87. The predicted molar refractivity (Wildman–Crippen MR) is 157 cm³/mol. The van der Waals surface area contributed by atoms with Crippen LogP contribution in [0.3, 0.4) is 0 Å². The lowest BCUT2D eigenvalue weighted by atomic mass is 9.89. The van der Waals surface area contributed by atoms with Crippen LogP contribution in [0.15, 0.2) is 77.7 Å². The molecule has 1 heterocycles. The summed E-state index contributed by atoms with van der Waals surface area (Å²) < 4.78 is 5.68. The molecule has 0 bridgehead atoms. The van der Waals surface area contributed by atoms with Crippen LogP contribution in [-0.2, 0) is 22.4 Å². The van der Waals surface area contributed by atoms with E-state index in [4.69, 9.17) is 15.6 Å². The van der Waals surface area contributed by atoms with Crippen LogP contribution < -0.4 is 5.73 Å². The van der Waals surface area contributed by atoms with Crippen molar-refractivity contribution in [3.63, 3.8) is 0 Å². The van der Waals surface area contributed by atoms with Gasteiger partial charge in [0.25, 0.3) is 0 Å². The molecule has 0 radical (unpaired) electrons. The SMILES string of the molecule is C.CSc1ccc(Cc2cc(C3OC(CO)C(O)C(O)C3O)ccc2C)cc1.N[C@@H](Cc1ccccc1)C(=O)O. The van der Waals surface area contributed by atoms with Gasteiger partial charge in [0.2, 0.25) is 0 Å². The molecule has 0 saturated carbocycles. The first-order chi connectivity index (χ1) is 18.6. The van der Waals surface area contributed by atoms with E-state index in [9.17, 15) is 25.2 Å². The number of aliphatic hydroxyl groups excluding tert-OH is 4. The summed E-state index contributed by atoms with van der Waals surface area (Å²) in [5.74, 6) is -0.959. The number of hydrogen-bond donors (Lipinski definition) is 6. The molecule has 4 rings (SSSR count). The van der Waals surface area contributed by atoms with Gasteiger partial charge in [0.1, 0.15) is 36.6 Å². The molecule has 7 N–H and O–H groups in total. The summed E-state index contributed by atoms with van der Waals surface area (Å²) in [5, 5.41) is 48.3. The summed E-state index contributed by atoms with van der Waals surface area (Å²) in [5.41, 5.74) is 10.4. The lowest BCUT2D eigenvalue weighted by molar-refractivity contribution is -0.231. The van der Waals surface area contributed by atoms with Crippen LogP contribution >= 0.6 is 11.8 Å². The number of aliphatic hydroxyl groups is 4. The van der Waals surface area contributed by atoms with E-state index in [1.807, 2.05) is 61.7 Å². The van der Waals surface area contributed by atoms with Gasteiger partial charge < -0.3 is 36.0 Å². The maximum Gasteiger partial charge on any atom is 0.320 e. The summed E-state index contributed by atoms with van der Waals surface area (Å²) in [4.78, 5) is 11.6. The molecule has 3 aromatic carbocycles. The number of benzene rings is 3. The molecule has 0 spiro atoms. The van der Waals surface area contributed by atoms with Gasteiger partial charge in [-0.25, -0.2) is 0 Å². The number of aryl methyl sites for hydroxylation is 1. The Labute approximate surface area is 240 Å². The van der Waals surface area contributed by atoms with E-state index in [2.05, 4.69) is 24.3 Å². The number of rotatable bonds is 8. The topological polar surface area (TPSA) is 153 Å². The molecule has 5 unspecified atom stereocenters. The highest BCUT2D eigenvalue weighted by molar-refractivity contribution is 7.98. The van der Waals surface area contributed by atoms with Crippen molar-refractivity contribution >= 4 is 17.7 Å². The van der Waals surface area contributed by atoms with E-state index in [0.29, 0.717) is 12.0 Å². The number of carbonyl (C=O) groups is 1. The molecule has 6 atom stereocenters. The maximum absolute atomic E-state index is 10.4. The van der Waals surface area contributed by atoms with Crippen LogP contribution in [0.2, 0.25) is 0 Å². The first-order valence-corrected chi connectivity index (χ1v) is 13.9. The zero-order chi connectivity index (χ0) is 28.5. The molecule has 1 fully saturated rings. The van der Waals surface area contributed by atoms with Gasteiger partial charge in [0.15, 0.2) is 0 Å². The van der Waals surface area contributed by atoms with Crippen molar-refractivity contribution in [2.24, 2.45) is 5.73 Å². The predicted octanol–water partition coefficient (Wildman–Crippen LogP) is 3.10. The summed E-state index contributed by atoms with van der Waals surface area (Å²) in [6.45, 7) is 1.60. The van der Waals surface area contributed by atoms with Crippen LogP contribution in [-0.4, -0.2) is 74.8 Å². The van der Waals surface area contributed by atoms with Crippen LogP contribution in [0.25, 0.3) is 0 Å². The van der Waals surface area contributed by atoms with Gasteiger partial charge in [-0.15, -0.1) is 11.8 Å². The van der Waals surface area contributed by atoms with Crippen molar-refractivity contribution in [3.8, 4) is 0 Å². The molecule has 0 amide bonds. The van der Waals surface area contributed by atoms with Gasteiger partial charge in [-0.05, 0) is 66.0 Å². The van der Waals surface area contributed by atoms with Gasteiger partial charge in [-0.1, -0.05) is 68.1 Å². The fraction of sp³-hybridized carbons (Fsp3) is 0.387. The van der Waals surface area contributed by atoms with Gasteiger partial charge in [0, 0.05) is 4.90 Å². The highest BCUT2D eigenvalue weighted by Crippen LogP contribution is 2.33. The second-order valence-corrected chi connectivity index (χ2v) is 10.5. The van der Waals surface area contributed by atoms with E-state index < -0.39 is 49.1 Å². The highest BCUT2D eigenvalue weighted by atomic mass is 32.2. The van der Waals surface area contributed by atoms with E-state index >= 15 is 0 Å². The maximum atomic E-state index is 10.4. The Balaban J connectivity index is 0.000000363. The van der Waals surface area contributed by atoms with Crippen LogP contribution in [0.5, 0.6) is 0 Å². The number of carboxylic acid groups (broad SMARTS) is 1. The molecule has 0 aromatic heterocycles. The fourth-order valence-electron chi connectivity index (χ4n) is 4.35. The zero-order valence-electron chi connectivity index (χ0n) is 22.1. The highest BCUT2D eigenvalue weighted by Gasteiger charge is 2.43. The largest absolute Gasteiger partial charge is 0.480 e. The molecular formula is C31H41NO7S. The van der Waals surface area contributed by atoms with Crippen LogP contribution in [0.1, 0.15) is 41.3 Å². The van der Waals surface area contributed by atoms with Crippen molar-refractivity contribution in [3.05, 3.63) is 101 Å². The van der Waals surface area contributed by atoms with Crippen molar-refractivity contribution in [2.75, 3.05) is 12.9 Å². The second-order valence-electron chi connectivity index (χ2n) is 9.59. The summed E-state index contributed by atoms with van der Waals surface area (Å²) in [6.07, 6.45) is -2.52. The number of thioether (sulfide) groups is 1. The lowest BCUT2D eigenvalue weighted by Crippen LogP contribution is -2.55. The molecule has 9 heteroatoms. The molecular weight excluding hydrogens is 530 g/mol. The van der Waals surface area contributed by atoms with Gasteiger partial charge in [-0.2, -0.15) is 0 Å². The zero-order valence-corrected chi connectivity index (χ0v) is 22.9. The molecule has 218 valence electrons. The lowest BCUT2D eigenvalue weighted by Gasteiger charge is -2.40. The van der Waals surface area contributed by atoms with Crippen molar-refractivity contribution in [1.29, 1.82) is 0 Å². The quantitative estimate of drug-likeness (QED) is 0.224. The third-order valence-corrected chi connectivity index (χ3v) is 7.51. The Morgan fingerprint density at radius 3 is 2.17 bits per heavy atom. The number of nitrogens with two attached hydrogens (primary N) is 1. The van der Waals surface area contributed by atoms with Gasteiger partial charge >= 0.3 is 5.97 Å². The minimum absolute atomic E-state index is 0. The monoisotopic (exact) mass is 571 g/mol. The second kappa shape index (κ2) is 15.9. The van der Waals surface area contributed by atoms with Crippen LogP contribution in [0, 0.1) is 6.92 Å². The standard InChI is InChI=1S/C21H26O5S.C9H11NO2.CH4/c1-12-3-6-14(21-20(25)19(24)18(23)17(11-22)26-21)10-15(12)9-13-4-7-16(27-2)8-5-13;10-8(9(11)12)6-7-4-2-1-3-5-7;/h3-8,10,17-25H,9,11H2,1-2H3;1-5,8H,6,10H2,(H,11,12);1H4/t;8-;/m.0./s1. The van der Waals surface area contributed by atoms with E-state index in [0.717, 1.165) is 23.1 Å². The fourth-order valence-corrected chi connectivity index (χ4v) is 4.76. The van der Waals surface area contributed by atoms with Gasteiger partial charge in [0.05, 0.1) is 6.61 Å². The minimum atomic E-state index is -1.37. The average Bonchev–Trinajstić information content (AvgIpc) is 2.94. The van der Waals surface area contributed by atoms with E-state index in [1.165, 1.54) is 10.5 Å². The summed E-state index contributed by atoms with van der Waals surface area (Å²) >= 11 is 1.70. The normalized spacial score (nSPS) is 22.8. The average molecular weight is 572 g/mol. The molecule has 8 nitrogen and oxygen atoms in total. The molecule has 1 aliphatic heterocycles. The Hall–Kier alpha value is -2.76. The first kappa shape index (κ1) is 33.4. The first-order valence-electron chi connectivity index (χ1n) is 12.7.